The molecule has 0 saturated carbocycles. The third-order valence-corrected chi connectivity index (χ3v) is 8.04. The maximum Gasteiger partial charge on any atom is 0.243 e. The highest BCUT2D eigenvalue weighted by Gasteiger charge is 2.30. The molecule has 31 heavy (non-hydrogen) atoms. The molecule has 1 aliphatic rings. The third-order valence-electron chi connectivity index (χ3n) is 4.70. The number of carbonyl (C=O) groups is 1. The highest BCUT2D eigenvalue weighted by molar-refractivity contribution is 7.89. The second-order valence-electron chi connectivity index (χ2n) is 6.70. The Bertz CT molecular complexity index is 1150. The van der Waals surface area contributed by atoms with Gasteiger partial charge in [0.2, 0.25) is 26.0 Å². The number of sulfonamides is 2. The molecule has 1 aromatic heterocycles. The van der Waals surface area contributed by atoms with E-state index in [0.717, 1.165) is 16.4 Å². The van der Waals surface area contributed by atoms with Crippen LogP contribution in [-0.2, 0) is 24.8 Å². The zero-order valence-corrected chi connectivity index (χ0v) is 17.9. The fourth-order valence-electron chi connectivity index (χ4n) is 3.00. The lowest BCUT2D eigenvalue weighted by Gasteiger charge is -2.34. The number of rotatable bonds is 7. The smallest absolute Gasteiger partial charge is 0.243 e. The molecule has 0 atom stereocenters. The Morgan fingerprint density at radius 2 is 1.71 bits per heavy atom. The average molecular weight is 475 g/mol. The van der Waals surface area contributed by atoms with Gasteiger partial charge in [0.05, 0.1) is 4.90 Å². The van der Waals surface area contributed by atoms with Gasteiger partial charge in [-0.15, -0.1) is 0 Å². The lowest BCUT2D eigenvalue weighted by molar-refractivity contribution is -0.132. The van der Waals surface area contributed by atoms with Gasteiger partial charge in [-0.3, -0.25) is 9.78 Å². The Labute approximate surface area is 178 Å². The number of nitrogens with one attached hydrogen (secondary N) is 1. The van der Waals surface area contributed by atoms with E-state index in [1.807, 2.05) is 0 Å². The van der Waals surface area contributed by atoms with Gasteiger partial charge in [-0.05, 0) is 30.3 Å². The van der Waals surface area contributed by atoms with Crippen LogP contribution in [0.15, 0.2) is 52.5 Å². The maximum atomic E-state index is 13.4. The second-order valence-corrected chi connectivity index (χ2v) is 10.4. The highest BCUT2D eigenvalue weighted by atomic mass is 32.2. The van der Waals surface area contributed by atoms with Gasteiger partial charge in [0.25, 0.3) is 0 Å². The number of pyridine rings is 1. The third kappa shape index (κ3) is 5.42. The summed E-state index contributed by atoms with van der Waals surface area (Å²) in [5.74, 6) is -2.74. The molecular weight excluding hydrogens is 454 g/mol. The van der Waals surface area contributed by atoms with E-state index in [1.54, 1.807) is 0 Å². The molecular formula is C18H20F2N4O5S2. The van der Waals surface area contributed by atoms with Crippen LogP contribution in [0.4, 0.5) is 8.78 Å². The topological polar surface area (TPSA) is 117 Å². The van der Waals surface area contributed by atoms with Gasteiger partial charge >= 0.3 is 0 Å². The molecule has 1 fully saturated rings. The van der Waals surface area contributed by atoms with Crippen LogP contribution in [0.25, 0.3) is 0 Å². The van der Waals surface area contributed by atoms with Crippen molar-refractivity contribution < 1.29 is 30.4 Å². The average Bonchev–Trinajstić information content (AvgIpc) is 2.76. The number of hydrogen-bond acceptors (Lipinski definition) is 6. The largest absolute Gasteiger partial charge is 0.340 e. The monoisotopic (exact) mass is 474 g/mol. The molecule has 2 aromatic rings. The van der Waals surface area contributed by atoms with Crippen molar-refractivity contribution >= 4 is 26.0 Å². The van der Waals surface area contributed by atoms with E-state index in [1.165, 1.54) is 29.4 Å². The Hall–Kier alpha value is -2.48. The van der Waals surface area contributed by atoms with Crippen molar-refractivity contribution in [3.05, 3.63) is 54.4 Å². The minimum Gasteiger partial charge on any atom is -0.340 e. The van der Waals surface area contributed by atoms with Crippen LogP contribution >= 0.6 is 0 Å². The quantitative estimate of drug-likeness (QED) is 0.627. The molecule has 0 unspecified atom stereocenters. The number of piperazine rings is 1. The second kappa shape index (κ2) is 9.34. The molecule has 0 bridgehead atoms. The van der Waals surface area contributed by atoms with E-state index < -0.39 is 31.7 Å². The van der Waals surface area contributed by atoms with Gasteiger partial charge in [-0.25, -0.2) is 30.3 Å². The number of halogens is 2. The standard InChI is InChI=1S/C18H20F2N4O5S2/c19-16-4-3-14(12-17(16)20)31(28,29)24-10-8-23(9-11-24)18(25)5-7-22-30(26,27)15-2-1-6-21-13-15/h1-4,6,12-13,22H,5,7-11H2. The summed E-state index contributed by atoms with van der Waals surface area (Å²) in [6.07, 6.45) is 2.53. The minimum absolute atomic E-state index is 0.0153. The highest BCUT2D eigenvalue weighted by Crippen LogP contribution is 2.20. The first-order chi connectivity index (χ1) is 14.6. The molecule has 1 saturated heterocycles. The normalized spacial score (nSPS) is 15.7. The minimum atomic E-state index is -4.03. The van der Waals surface area contributed by atoms with Crippen LogP contribution in [-0.4, -0.2) is 69.7 Å². The first-order valence-electron chi connectivity index (χ1n) is 9.24. The van der Waals surface area contributed by atoms with Crippen LogP contribution in [0.1, 0.15) is 6.42 Å². The molecule has 1 N–H and O–H groups in total. The zero-order chi connectivity index (χ0) is 22.6. The summed E-state index contributed by atoms with van der Waals surface area (Å²) in [5, 5.41) is 0. The molecule has 1 amide bonds. The molecule has 1 aromatic carbocycles. The fraction of sp³-hybridized carbons (Fsp3) is 0.333. The zero-order valence-electron chi connectivity index (χ0n) is 16.2. The molecule has 0 radical (unpaired) electrons. The van der Waals surface area contributed by atoms with E-state index >= 15 is 0 Å². The van der Waals surface area contributed by atoms with E-state index in [0.29, 0.717) is 6.07 Å². The molecule has 1 aliphatic heterocycles. The Morgan fingerprint density at radius 3 is 2.32 bits per heavy atom. The molecule has 9 nitrogen and oxygen atoms in total. The van der Waals surface area contributed by atoms with Gasteiger partial charge in [-0.2, -0.15) is 4.31 Å². The van der Waals surface area contributed by atoms with E-state index in [2.05, 4.69) is 9.71 Å². The van der Waals surface area contributed by atoms with Gasteiger partial charge in [0.1, 0.15) is 4.90 Å². The van der Waals surface area contributed by atoms with E-state index in [-0.39, 0.29) is 54.8 Å². The van der Waals surface area contributed by atoms with Crippen LogP contribution < -0.4 is 4.72 Å². The predicted octanol–water partition coefficient (Wildman–Crippen LogP) is 0.561. The van der Waals surface area contributed by atoms with Gasteiger partial charge in [0.15, 0.2) is 11.6 Å². The summed E-state index contributed by atoms with van der Waals surface area (Å²) in [7, 11) is -7.81. The SMILES string of the molecule is O=C(CCNS(=O)(=O)c1cccnc1)N1CCN(S(=O)(=O)c2ccc(F)c(F)c2)CC1. The Balaban J connectivity index is 1.52. The molecule has 0 aliphatic carbocycles. The summed E-state index contributed by atoms with van der Waals surface area (Å²) in [4.78, 5) is 17.1. The summed E-state index contributed by atoms with van der Waals surface area (Å²) < 4.78 is 79.3. The molecule has 13 heteroatoms. The summed E-state index contributed by atoms with van der Waals surface area (Å²) in [5.41, 5.74) is 0. The van der Waals surface area contributed by atoms with Crippen LogP contribution in [0, 0.1) is 11.6 Å². The lowest BCUT2D eigenvalue weighted by atomic mass is 10.3. The van der Waals surface area contributed by atoms with Gasteiger partial charge in [0, 0.05) is 51.5 Å². The fourth-order valence-corrected chi connectivity index (χ4v) is 5.43. The first-order valence-corrected chi connectivity index (χ1v) is 12.2. The predicted molar refractivity (Wildman–Crippen MR) is 106 cm³/mol. The molecule has 168 valence electrons. The number of aromatic nitrogens is 1. The Morgan fingerprint density at radius 1 is 1.00 bits per heavy atom. The molecule has 3 rings (SSSR count). The van der Waals surface area contributed by atoms with Crippen molar-refractivity contribution in [3.8, 4) is 0 Å². The molecule has 0 spiro atoms. The van der Waals surface area contributed by atoms with E-state index in [9.17, 15) is 30.4 Å². The number of hydrogen-bond donors (Lipinski definition) is 1. The van der Waals surface area contributed by atoms with Crippen LogP contribution in [0.3, 0.4) is 0 Å². The van der Waals surface area contributed by atoms with Crippen molar-refractivity contribution in [1.82, 2.24) is 18.9 Å². The van der Waals surface area contributed by atoms with Crippen LogP contribution in [0.2, 0.25) is 0 Å². The number of benzene rings is 1. The van der Waals surface area contributed by atoms with Crippen molar-refractivity contribution in [3.63, 3.8) is 0 Å². The van der Waals surface area contributed by atoms with Gasteiger partial charge < -0.3 is 4.90 Å². The van der Waals surface area contributed by atoms with Crippen LogP contribution in [0.5, 0.6) is 0 Å². The molecule has 2 heterocycles. The summed E-state index contributed by atoms with van der Waals surface area (Å²) >= 11 is 0. The Kier molecular flexibility index (Phi) is 6.99. The van der Waals surface area contributed by atoms with Crippen molar-refractivity contribution in [2.24, 2.45) is 0 Å². The summed E-state index contributed by atoms with van der Waals surface area (Å²) in [6, 6.07) is 5.21. The van der Waals surface area contributed by atoms with Gasteiger partial charge in [-0.1, -0.05) is 0 Å². The van der Waals surface area contributed by atoms with Crippen molar-refractivity contribution in [1.29, 1.82) is 0 Å². The first kappa shape index (κ1) is 23.2. The van der Waals surface area contributed by atoms with Crippen molar-refractivity contribution in [2.45, 2.75) is 16.2 Å². The summed E-state index contributed by atoms with van der Waals surface area (Å²) in [6.45, 7) is 0.0284. The number of nitrogens with zero attached hydrogens (tertiary/aromatic N) is 3. The lowest BCUT2D eigenvalue weighted by Crippen LogP contribution is -2.50. The maximum absolute atomic E-state index is 13.4. The number of carbonyl (C=O) groups excluding carboxylic acids is 1. The number of amides is 1. The van der Waals surface area contributed by atoms with E-state index in [4.69, 9.17) is 0 Å². The van der Waals surface area contributed by atoms with Crippen molar-refractivity contribution in [2.75, 3.05) is 32.7 Å².